The highest BCUT2D eigenvalue weighted by molar-refractivity contribution is 6.34. The average molecular weight is 495 g/mol. The highest BCUT2D eigenvalue weighted by atomic mass is 35.5. The number of H-pyrrole nitrogens is 1. The molecule has 2 aliphatic rings. The zero-order valence-electron chi connectivity index (χ0n) is 19.5. The van der Waals surface area contributed by atoms with Gasteiger partial charge < -0.3 is 9.80 Å². The molecule has 178 valence electrons. The third-order valence-corrected chi connectivity index (χ3v) is 7.64. The van der Waals surface area contributed by atoms with Crippen LogP contribution in [-0.2, 0) is 4.79 Å². The van der Waals surface area contributed by atoms with Crippen molar-refractivity contribution in [2.45, 2.75) is 6.42 Å². The van der Waals surface area contributed by atoms with E-state index in [1.54, 1.807) is 6.20 Å². The van der Waals surface area contributed by atoms with E-state index in [1.807, 2.05) is 53.4 Å². The summed E-state index contributed by atoms with van der Waals surface area (Å²) in [5.74, 6) is 0.625. The first-order chi connectivity index (χ1) is 17.5. The van der Waals surface area contributed by atoms with Gasteiger partial charge in [0, 0.05) is 64.9 Å². The number of fused-ring (bicyclic) bond motifs is 1. The number of nitriles is 1. The third-order valence-electron chi connectivity index (χ3n) is 7.31. The topological polar surface area (TPSA) is 88.9 Å². The standard InChI is InChI=1S/C28H23ClN6O/c1-2-25(36)35-16-28(17-35)10-12-34(15-28)27-21(14-30)26(19-5-3-4-6-22(19)29)20-8-7-18(13-24(20)32-27)23-9-11-31-33-23/h2-9,11,13H,1,10,12,15-17H2,(H,31,33). The average Bonchev–Trinajstić information content (AvgIpc) is 3.57. The number of carbonyl (C=O) groups is 1. The summed E-state index contributed by atoms with van der Waals surface area (Å²) in [6, 6.07) is 18.0. The van der Waals surface area contributed by atoms with E-state index in [0.717, 1.165) is 52.8 Å². The Morgan fingerprint density at radius 3 is 2.75 bits per heavy atom. The number of anilines is 1. The van der Waals surface area contributed by atoms with Crippen molar-refractivity contribution in [2.24, 2.45) is 5.41 Å². The minimum atomic E-state index is -0.0343. The Labute approximate surface area is 213 Å². The third kappa shape index (κ3) is 3.53. The highest BCUT2D eigenvalue weighted by Gasteiger charge is 2.49. The lowest BCUT2D eigenvalue weighted by molar-refractivity contribution is -0.136. The molecule has 0 unspecified atom stereocenters. The Bertz CT molecular complexity index is 1550. The Kier molecular flexibility index (Phi) is 5.27. The summed E-state index contributed by atoms with van der Waals surface area (Å²) in [5.41, 5.74) is 4.76. The zero-order valence-corrected chi connectivity index (χ0v) is 20.3. The van der Waals surface area contributed by atoms with E-state index in [1.165, 1.54) is 6.08 Å². The van der Waals surface area contributed by atoms with Crippen molar-refractivity contribution in [3.63, 3.8) is 0 Å². The van der Waals surface area contributed by atoms with Crippen LogP contribution in [0.25, 0.3) is 33.3 Å². The molecule has 4 heterocycles. The second-order valence-electron chi connectivity index (χ2n) is 9.55. The fraction of sp³-hybridized carbons (Fsp3) is 0.214. The summed E-state index contributed by atoms with van der Waals surface area (Å²) in [6.45, 7) is 6.51. The Morgan fingerprint density at radius 1 is 1.19 bits per heavy atom. The lowest BCUT2D eigenvalue weighted by atomic mass is 9.79. The molecule has 0 bridgehead atoms. The summed E-state index contributed by atoms with van der Waals surface area (Å²) >= 11 is 6.65. The molecule has 2 aromatic heterocycles. The molecule has 1 N–H and O–H groups in total. The summed E-state index contributed by atoms with van der Waals surface area (Å²) in [6.07, 6.45) is 4.02. The number of halogens is 1. The molecule has 7 nitrogen and oxygen atoms in total. The number of benzene rings is 2. The SMILES string of the molecule is C=CC(=O)N1CC2(CCN(c3nc4cc(-c5ccn[nH]5)ccc4c(-c4ccccc4Cl)c3C#N)C2)C1. The van der Waals surface area contributed by atoms with Crippen LogP contribution in [0.5, 0.6) is 0 Å². The molecule has 0 aliphatic carbocycles. The molecular formula is C28H23ClN6O. The molecule has 2 fully saturated rings. The molecule has 1 spiro atoms. The van der Waals surface area contributed by atoms with Crippen molar-refractivity contribution < 1.29 is 4.79 Å². The lowest BCUT2D eigenvalue weighted by Gasteiger charge is -2.47. The van der Waals surface area contributed by atoms with Crippen LogP contribution in [-0.4, -0.2) is 52.2 Å². The van der Waals surface area contributed by atoms with Gasteiger partial charge in [-0.1, -0.05) is 48.5 Å². The number of carbonyl (C=O) groups excluding carboxylic acids is 1. The van der Waals surface area contributed by atoms with Gasteiger partial charge in [-0.3, -0.25) is 9.89 Å². The number of amides is 1. The first-order valence-electron chi connectivity index (χ1n) is 11.8. The van der Waals surface area contributed by atoms with Crippen LogP contribution in [0.3, 0.4) is 0 Å². The smallest absolute Gasteiger partial charge is 0.245 e. The second-order valence-corrected chi connectivity index (χ2v) is 9.96. The number of rotatable bonds is 4. The molecule has 2 saturated heterocycles. The van der Waals surface area contributed by atoms with Crippen LogP contribution in [0, 0.1) is 16.7 Å². The monoisotopic (exact) mass is 494 g/mol. The molecule has 0 atom stereocenters. The first-order valence-corrected chi connectivity index (χ1v) is 12.2. The van der Waals surface area contributed by atoms with Crippen molar-refractivity contribution >= 4 is 34.2 Å². The number of aromatic nitrogens is 3. The van der Waals surface area contributed by atoms with Crippen LogP contribution < -0.4 is 4.90 Å². The maximum Gasteiger partial charge on any atom is 0.245 e. The van der Waals surface area contributed by atoms with Crippen molar-refractivity contribution in [3.8, 4) is 28.5 Å². The van der Waals surface area contributed by atoms with E-state index in [4.69, 9.17) is 16.6 Å². The number of nitrogens with one attached hydrogen (secondary N) is 1. The highest BCUT2D eigenvalue weighted by Crippen LogP contribution is 2.45. The quantitative estimate of drug-likeness (QED) is 0.401. The summed E-state index contributed by atoms with van der Waals surface area (Å²) in [7, 11) is 0. The minimum absolute atomic E-state index is 0.0182. The Hall–Kier alpha value is -4.15. The van der Waals surface area contributed by atoms with Crippen molar-refractivity contribution in [2.75, 3.05) is 31.1 Å². The molecule has 0 saturated carbocycles. The van der Waals surface area contributed by atoms with Gasteiger partial charge in [-0.2, -0.15) is 10.4 Å². The van der Waals surface area contributed by atoms with E-state index < -0.39 is 0 Å². The molecule has 6 rings (SSSR count). The number of hydrogen-bond acceptors (Lipinski definition) is 5. The number of nitrogens with zero attached hydrogens (tertiary/aromatic N) is 5. The fourth-order valence-electron chi connectivity index (χ4n) is 5.54. The van der Waals surface area contributed by atoms with Gasteiger partial charge in [-0.25, -0.2) is 4.98 Å². The van der Waals surface area contributed by atoms with Crippen LogP contribution in [0.4, 0.5) is 5.82 Å². The maximum atomic E-state index is 12.0. The predicted molar refractivity (Wildman–Crippen MR) is 141 cm³/mol. The first kappa shape index (κ1) is 22.3. The van der Waals surface area contributed by atoms with Crippen LogP contribution >= 0.6 is 11.6 Å². The van der Waals surface area contributed by atoms with Gasteiger partial charge in [0.2, 0.25) is 5.91 Å². The van der Waals surface area contributed by atoms with Gasteiger partial charge in [0.05, 0.1) is 11.2 Å². The zero-order chi connectivity index (χ0) is 24.9. The molecular weight excluding hydrogens is 472 g/mol. The summed E-state index contributed by atoms with van der Waals surface area (Å²) < 4.78 is 0. The molecule has 2 aliphatic heterocycles. The number of aromatic amines is 1. The van der Waals surface area contributed by atoms with Crippen molar-refractivity contribution in [1.82, 2.24) is 20.1 Å². The van der Waals surface area contributed by atoms with Crippen LogP contribution in [0.2, 0.25) is 5.02 Å². The van der Waals surface area contributed by atoms with Gasteiger partial charge >= 0.3 is 0 Å². The second kappa shape index (κ2) is 8.51. The molecule has 0 radical (unpaired) electrons. The molecule has 36 heavy (non-hydrogen) atoms. The summed E-state index contributed by atoms with van der Waals surface area (Å²) in [5, 5.41) is 18.9. The maximum absolute atomic E-state index is 12.0. The van der Waals surface area contributed by atoms with Gasteiger partial charge in [-0.05, 0) is 30.7 Å². The van der Waals surface area contributed by atoms with E-state index >= 15 is 0 Å². The molecule has 4 aromatic rings. The number of likely N-dealkylation sites (tertiary alicyclic amines) is 1. The van der Waals surface area contributed by atoms with Crippen molar-refractivity contribution in [1.29, 1.82) is 5.26 Å². The predicted octanol–water partition coefficient (Wildman–Crippen LogP) is 5.04. The Morgan fingerprint density at radius 2 is 2.03 bits per heavy atom. The summed E-state index contributed by atoms with van der Waals surface area (Å²) in [4.78, 5) is 21.1. The van der Waals surface area contributed by atoms with Gasteiger partial charge in [0.15, 0.2) is 0 Å². The number of hydrogen-bond donors (Lipinski definition) is 1. The van der Waals surface area contributed by atoms with E-state index in [-0.39, 0.29) is 11.3 Å². The van der Waals surface area contributed by atoms with Gasteiger partial charge in [-0.15, -0.1) is 0 Å². The largest absolute Gasteiger partial charge is 0.355 e. The number of pyridine rings is 1. The van der Waals surface area contributed by atoms with Crippen molar-refractivity contribution in [3.05, 3.63) is 78.0 Å². The molecule has 2 aromatic carbocycles. The normalized spacial score (nSPS) is 16.2. The van der Waals surface area contributed by atoms with E-state index in [2.05, 4.69) is 27.7 Å². The van der Waals surface area contributed by atoms with Crippen LogP contribution in [0.15, 0.2) is 67.4 Å². The van der Waals surface area contributed by atoms with Gasteiger partial charge in [0.1, 0.15) is 17.5 Å². The molecule has 1 amide bonds. The van der Waals surface area contributed by atoms with Gasteiger partial charge in [0.25, 0.3) is 0 Å². The minimum Gasteiger partial charge on any atom is -0.355 e. The van der Waals surface area contributed by atoms with E-state index in [0.29, 0.717) is 29.5 Å². The van der Waals surface area contributed by atoms with Crippen LogP contribution in [0.1, 0.15) is 12.0 Å². The molecule has 8 heteroatoms. The lowest BCUT2D eigenvalue weighted by Crippen LogP contribution is -2.59. The Balaban J connectivity index is 1.49. The fourth-order valence-corrected chi connectivity index (χ4v) is 5.77. The van der Waals surface area contributed by atoms with E-state index in [9.17, 15) is 10.1 Å².